The van der Waals surface area contributed by atoms with Crippen LogP contribution in [-0.4, -0.2) is 17.1 Å². The minimum Gasteiger partial charge on any atom is -0.480 e. The van der Waals surface area contributed by atoms with E-state index in [1.807, 2.05) is 0 Å². The van der Waals surface area contributed by atoms with Gasteiger partial charge in [-0.25, -0.2) is 0 Å². The van der Waals surface area contributed by atoms with Gasteiger partial charge in [-0.05, 0) is 6.92 Å². The average Bonchev–Trinajstić information content (AvgIpc) is 1.36. The molecule has 3 N–H and O–H groups in total. The second-order valence-electron chi connectivity index (χ2n) is 1.13. The normalized spacial score (nSPS) is 11.7. The fourth-order valence-corrected chi connectivity index (χ4v) is 0. The molecule has 1 radical (unpaired) electrons. The van der Waals surface area contributed by atoms with Gasteiger partial charge in [0.2, 0.25) is 0 Å². The predicted molar refractivity (Wildman–Crippen MR) is 21.3 cm³/mol. The van der Waals surface area contributed by atoms with E-state index >= 15 is 0 Å². The number of aliphatic carboxylic acids is 1. The molecule has 0 aliphatic rings. The van der Waals surface area contributed by atoms with Crippen molar-refractivity contribution in [1.29, 1.82) is 0 Å². The second-order valence-corrected chi connectivity index (χ2v) is 1.13. The number of carboxylic acid groups (broad SMARTS) is 1. The number of carbonyl (C=O) groups is 1. The summed E-state index contributed by atoms with van der Waals surface area (Å²) in [6, 6.07) is -0.731. The van der Waals surface area contributed by atoms with Crippen LogP contribution >= 0.6 is 0 Å². The zero-order chi connectivity index (χ0) is 5.15. The van der Waals surface area contributed by atoms with Gasteiger partial charge in [0.05, 0.1) is 0 Å². The first kappa shape index (κ1) is 10.0. The van der Waals surface area contributed by atoms with Crippen LogP contribution in [0.2, 0.25) is 0 Å². The third-order valence-electron chi connectivity index (χ3n) is 0.390. The maximum atomic E-state index is 9.57. The van der Waals surface area contributed by atoms with Crippen molar-refractivity contribution >= 4 is 5.97 Å². The number of nitrogens with two attached hydrogens (primary N) is 1. The van der Waals surface area contributed by atoms with E-state index in [4.69, 9.17) is 10.8 Å². The zero-order valence-corrected chi connectivity index (χ0v) is 5.07. The molecule has 1 atom stereocenters. The van der Waals surface area contributed by atoms with E-state index in [1.165, 1.54) is 6.92 Å². The second kappa shape index (κ2) is 4.12. The monoisotopic (exact) mass is 144 g/mol. The van der Waals surface area contributed by atoms with E-state index in [1.54, 1.807) is 0 Å². The first-order chi connectivity index (χ1) is 2.64. The summed E-state index contributed by atoms with van der Waals surface area (Å²) in [6.07, 6.45) is 0. The van der Waals surface area contributed by atoms with Crippen LogP contribution < -0.4 is 5.73 Å². The molecule has 0 amide bonds. The van der Waals surface area contributed by atoms with Crippen LogP contribution in [0.5, 0.6) is 0 Å². The molecule has 0 heterocycles. The van der Waals surface area contributed by atoms with Gasteiger partial charge in [0.1, 0.15) is 6.04 Å². The van der Waals surface area contributed by atoms with Crippen LogP contribution in [0.15, 0.2) is 0 Å². The number of hydrogen-bond acceptors (Lipinski definition) is 2. The van der Waals surface area contributed by atoms with Gasteiger partial charge in [-0.3, -0.25) is 4.79 Å². The molecule has 3 nitrogen and oxygen atoms in total. The molecule has 0 aromatic heterocycles. The Bertz CT molecular complexity index is 64.0. The molecule has 0 saturated carbocycles. The van der Waals surface area contributed by atoms with Crippen LogP contribution in [-0.2, 0) is 21.9 Å². The molecule has 0 aromatic rings. The van der Waals surface area contributed by atoms with E-state index in [0.717, 1.165) is 0 Å². The molecule has 0 aromatic carbocycles. The molecular weight excluding hydrogens is 137 g/mol. The summed E-state index contributed by atoms with van der Waals surface area (Å²) in [5.74, 6) is -0.963. The fourth-order valence-electron chi connectivity index (χ4n) is 0. The standard InChI is InChI=1S/C3H7NO2.Mn/c1-2(4)3(5)6;/h2H,4H2,1H3,(H,5,6);/t2-;/m0./s1. The van der Waals surface area contributed by atoms with Gasteiger partial charge < -0.3 is 10.8 Å². The zero-order valence-electron chi connectivity index (χ0n) is 3.89. The van der Waals surface area contributed by atoms with Gasteiger partial charge in [-0.1, -0.05) is 0 Å². The maximum Gasteiger partial charge on any atom is 0.320 e. The van der Waals surface area contributed by atoms with Crippen molar-refractivity contribution < 1.29 is 27.0 Å². The Balaban J connectivity index is 0. The van der Waals surface area contributed by atoms with Crippen molar-refractivity contribution in [2.24, 2.45) is 5.73 Å². The molecule has 0 saturated heterocycles. The topological polar surface area (TPSA) is 63.3 Å². The molecule has 0 rings (SSSR count). The van der Waals surface area contributed by atoms with E-state index in [0.29, 0.717) is 0 Å². The molecule has 43 valence electrons. The molecule has 4 heteroatoms. The number of hydrogen-bond donors (Lipinski definition) is 2. The van der Waals surface area contributed by atoms with Crippen LogP contribution in [0.3, 0.4) is 0 Å². The van der Waals surface area contributed by atoms with E-state index in [-0.39, 0.29) is 17.1 Å². The van der Waals surface area contributed by atoms with Crippen molar-refractivity contribution in [3.8, 4) is 0 Å². The fraction of sp³-hybridized carbons (Fsp3) is 0.667. The van der Waals surface area contributed by atoms with Crippen molar-refractivity contribution in [2.45, 2.75) is 13.0 Å². The van der Waals surface area contributed by atoms with Gasteiger partial charge in [0.25, 0.3) is 0 Å². The Morgan fingerprint density at radius 2 is 2.00 bits per heavy atom. The van der Waals surface area contributed by atoms with Crippen molar-refractivity contribution in [2.75, 3.05) is 0 Å². The average molecular weight is 144 g/mol. The summed E-state index contributed by atoms with van der Waals surface area (Å²) in [4.78, 5) is 9.57. The summed E-state index contributed by atoms with van der Waals surface area (Å²) in [7, 11) is 0. The van der Waals surface area contributed by atoms with E-state index in [9.17, 15) is 4.79 Å². The Morgan fingerprint density at radius 3 is 2.00 bits per heavy atom. The molecule has 0 aliphatic carbocycles. The summed E-state index contributed by atoms with van der Waals surface area (Å²) in [5.41, 5.74) is 4.84. The third kappa shape index (κ3) is 5.95. The van der Waals surface area contributed by atoms with Gasteiger partial charge in [-0.15, -0.1) is 0 Å². The van der Waals surface area contributed by atoms with Gasteiger partial charge in [0.15, 0.2) is 0 Å². The minimum absolute atomic E-state index is 0. The number of rotatable bonds is 1. The smallest absolute Gasteiger partial charge is 0.320 e. The molecular formula is C3H7MnNO2. The van der Waals surface area contributed by atoms with Crippen LogP contribution in [0.1, 0.15) is 6.92 Å². The summed E-state index contributed by atoms with van der Waals surface area (Å²) < 4.78 is 0. The summed E-state index contributed by atoms with van der Waals surface area (Å²) in [5, 5.41) is 7.87. The Labute approximate surface area is 52.4 Å². The number of carboxylic acids is 1. The van der Waals surface area contributed by atoms with Crippen LogP contribution in [0.25, 0.3) is 0 Å². The van der Waals surface area contributed by atoms with Gasteiger partial charge in [0, 0.05) is 17.1 Å². The summed E-state index contributed by atoms with van der Waals surface area (Å²) >= 11 is 0. The maximum absolute atomic E-state index is 9.57. The Hall–Kier alpha value is -0.0505. The SMILES string of the molecule is C[C@H](N)C(=O)O.[Mn]. The Kier molecular flexibility index (Phi) is 5.91. The predicted octanol–water partition coefficient (Wildman–Crippen LogP) is -0.584. The van der Waals surface area contributed by atoms with Gasteiger partial charge in [-0.2, -0.15) is 0 Å². The largest absolute Gasteiger partial charge is 0.480 e. The van der Waals surface area contributed by atoms with Gasteiger partial charge >= 0.3 is 5.97 Å². The molecule has 7 heavy (non-hydrogen) atoms. The minimum atomic E-state index is -0.963. The Morgan fingerprint density at radius 1 is 1.86 bits per heavy atom. The molecule has 0 aliphatic heterocycles. The van der Waals surface area contributed by atoms with Crippen molar-refractivity contribution in [3.63, 3.8) is 0 Å². The molecule has 0 bridgehead atoms. The van der Waals surface area contributed by atoms with Crippen LogP contribution in [0.4, 0.5) is 0 Å². The third-order valence-corrected chi connectivity index (χ3v) is 0.390. The molecule has 0 unspecified atom stereocenters. The summed E-state index contributed by atoms with van der Waals surface area (Å²) in [6.45, 7) is 1.42. The van der Waals surface area contributed by atoms with Crippen molar-refractivity contribution in [1.82, 2.24) is 0 Å². The van der Waals surface area contributed by atoms with E-state index in [2.05, 4.69) is 0 Å². The van der Waals surface area contributed by atoms with Crippen molar-refractivity contribution in [3.05, 3.63) is 0 Å². The van der Waals surface area contributed by atoms with Crippen LogP contribution in [0, 0.1) is 0 Å². The first-order valence-corrected chi connectivity index (χ1v) is 1.63. The molecule has 0 spiro atoms. The quantitative estimate of drug-likeness (QED) is 0.483. The first-order valence-electron chi connectivity index (χ1n) is 1.63. The molecule has 0 fully saturated rings. The van der Waals surface area contributed by atoms with E-state index < -0.39 is 12.0 Å².